The normalized spacial score (nSPS) is 20.8. The molecule has 1 saturated carbocycles. The highest BCUT2D eigenvalue weighted by atomic mass is 16.2. The number of pyridine rings is 1. The molecule has 1 aliphatic carbocycles. The molecule has 1 fully saturated rings. The number of nitrogens with one attached hydrogen (secondary N) is 1. The lowest BCUT2D eigenvalue weighted by molar-refractivity contribution is 0.0904. The second kappa shape index (κ2) is 6.98. The summed E-state index contributed by atoms with van der Waals surface area (Å²) in [6.07, 6.45) is 8.20. The van der Waals surface area contributed by atoms with E-state index in [0.29, 0.717) is 17.9 Å². The molecule has 0 radical (unpaired) electrons. The van der Waals surface area contributed by atoms with Crippen LogP contribution in [-0.4, -0.2) is 31.3 Å². The van der Waals surface area contributed by atoms with Gasteiger partial charge in [0, 0.05) is 44.5 Å². The third kappa shape index (κ3) is 3.39. The summed E-state index contributed by atoms with van der Waals surface area (Å²) in [6, 6.07) is 3.54. The molecular formula is C17H23N5O2. The highest BCUT2D eigenvalue weighted by molar-refractivity contribution is 5.94. The molecule has 24 heavy (non-hydrogen) atoms. The number of aryl methyl sites for hydroxylation is 1. The fourth-order valence-electron chi connectivity index (χ4n) is 3.42. The minimum atomic E-state index is -0.113. The van der Waals surface area contributed by atoms with E-state index in [2.05, 4.69) is 15.4 Å². The Morgan fingerprint density at radius 3 is 2.62 bits per heavy atom. The molecule has 128 valence electrons. The van der Waals surface area contributed by atoms with Crippen molar-refractivity contribution in [1.82, 2.24) is 24.6 Å². The van der Waals surface area contributed by atoms with Gasteiger partial charge in [0.1, 0.15) is 5.82 Å². The molecule has 2 atom stereocenters. The highest BCUT2D eigenvalue weighted by Gasteiger charge is 2.28. The Balaban J connectivity index is 1.72. The summed E-state index contributed by atoms with van der Waals surface area (Å²) < 4.78 is 2.96. The average Bonchev–Trinajstić information content (AvgIpc) is 2.84. The van der Waals surface area contributed by atoms with Crippen LogP contribution < -0.4 is 11.0 Å². The second-order valence-electron chi connectivity index (χ2n) is 6.45. The molecule has 2 aromatic heterocycles. The van der Waals surface area contributed by atoms with E-state index >= 15 is 0 Å². The summed E-state index contributed by atoms with van der Waals surface area (Å²) in [5.74, 6) is 1.01. The zero-order chi connectivity index (χ0) is 17.1. The van der Waals surface area contributed by atoms with Gasteiger partial charge in [-0.25, -0.2) is 9.48 Å². The van der Waals surface area contributed by atoms with Gasteiger partial charge in [0.05, 0.1) is 0 Å². The van der Waals surface area contributed by atoms with Crippen molar-refractivity contribution < 1.29 is 4.79 Å². The van der Waals surface area contributed by atoms with Gasteiger partial charge >= 0.3 is 5.69 Å². The van der Waals surface area contributed by atoms with Crippen LogP contribution in [0, 0.1) is 5.92 Å². The van der Waals surface area contributed by atoms with Gasteiger partial charge < -0.3 is 5.32 Å². The fraction of sp³-hybridized carbons (Fsp3) is 0.529. The molecule has 0 aromatic carbocycles. The monoisotopic (exact) mass is 329 g/mol. The van der Waals surface area contributed by atoms with Crippen molar-refractivity contribution in [1.29, 1.82) is 0 Å². The van der Waals surface area contributed by atoms with Gasteiger partial charge in [-0.2, -0.15) is 5.10 Å². The maximum Gasteiger partial charge on any atom is 0.345 e. The number of hydrogen-bond donors (Lipinski definition) is 1. The largest absolute Gasteiger partial charge is 0.349 e. The Labute approximate surface area is 140 Å². The second-order valence-corrected chi connectivity index (χ2v) is 6.45. The topological polar surface area (TPSA) is 81.8 Å². The average molecular weight is 329 g/mol. The number of amides is 1. The molecule has 1 N–H and O–H groups in total. The number of rotatable bonds is 4. The van der Waals surface area contributed by atoms with Gasteiger partial charge in [0.25, 0.3) is 5.91 Å². The van der Waals surface area contributed by atoms with Crippen LogP contribution >= 0.6 is 0 Å². The van der Waals surface area contributed by atoms with Gasteiger partial charge in [0.2, 0.25) is 0 Å². The Bertz CT molecular complexity index is 765. The van der Waals surface area contributed by atoms with E-state index in [4.69, 9.17) is 0 Å². The van der Waals surface area contributed by atoms with Crippen molar-refractivity contribution in [2.75, 3.05) is 0 Å². The van der Waals surface area contributed by atoms with E-state index in [0.717, 1.165) is 31.5 Å². The molecule has 1 amide bonds. The van der Waals surface area contributed by atoms with Gasteiger partial charge in [-0.1, -0.05) is 12.8 Å². The number of aromatic nitrogens is 4. The Morgan fingerprint density at radius 2 is 1.96 bits per heavy atom. The predicted molar refractivity (Wildman–Crippen MR) is 89.6 cm³/mol. The van der Waals surface area contributed by atoms with Gasteiger partial charge in [-0.05, 0) is 30.9 Å². The van der Waals surface area contributed by atoms with Crippen LogP contribution in [0.1, 0.15) is 41.9 Å². The summed E-state index contributed by atoms with van der Waals surface area (Å²) >= 11 is 0. The third-order valence-electron chi connectivity index (χ3n) is 4.83. The molecule has 0 unspecified atom stereocenters. The first-order valence-corrected chi connectivity index (χ1v) is 8.36. The summed E-state index contributed by atoms with van der Waals surface area (Å²) in [5, 5.41) is 7.48. The SMILES string of the molecule is Cn1nc(C[C@H]2CCCC[C@H]2NC(=O)c2ccncc2)n(C)c1=O. The molecule has 0 bridgehead atoms. The lowest BCUT2D eigenvalue weighted by Gasteiger charge is -2.32. The van der Waals surface area contributed by atoms with Crippen LogP contribution in [0.15, 0.2) is 29.3 Å². The van der Waals surface area contributed by atoms with Crippen molar-refractivity contribution >= 4 is 5.91 Å². The molecule has 1 aliphatic rings. The van der Waals surface area contributed by atoms with Crippen molar-refractivity contribution in [3.63, 3.8) is 0 Å². The lowest BCUT2D eigenvalue weighted by Crippen LogP contribution is -2.43. The predicted octanol–water partition coefficient (Wildman–Crippen LogP) is 1.05. The van der Waals surface area contributed by atoms with Gasteiger partial charge in [-0.3, -0.25) is 14.3 Å². The van der Waals surface area contributed by atoms with Crippen molar-refractivity contribution in [3.8, 4) is 0 Å². The van der Waals surface area contributed by atoms with Crippen molar-refractivity contribution in [2.24, 2.45) is 20.0 Å². The molecule has 0 aliphatic heterocycles. The van der Waals surface area contributed by atoms with Gasteiger partial charge in [0.15, 0.2) is 0 Å². The fourth-order valence-corrected chi connectivity index (χ4v) is 3.42. The Kier molecular flexibility index (Phi) is 4.78. The van der Waals surface area contributed by atoms with Crippen LogP contribution in [0.5, 0.6) is 0 Å². The van der Waals surface area contributed by atoms with E-state index in [-0.39, 0.29) is 17.6 Å². The maximum absolute atomic E-state index is 12.4. The Morgan fingerprint density at radius 1 is 1.25 bits per heavy atom. The van der Waals surface area contributed by atoms with Crippen LogP contribution in [0.3, 0.4) is 0 Å². The van der Waals surface area contributed by atoms with Crippen LogP contribution in [0.2, 0.25) is 0 Å². The lowest BCUT2D eigenvalue weighted by atomic mass is 9.82. The molecule has 0 spiro atoms. The number of carbonyl (C=O) groups is 1. The first kappa shape index (κ1) is 16.4. The van der Waals surface area contributed by atoms with E-state index in [1.54, 1.807) is 43.2 Å². The van der Waals surface area contributed by atoms with E-state index in [9.17, 15) is 9.59 Å². The zero-order valence-corrected chi connectivity index (χ0v) is 14.1. The third-order valence-corrected chi connectivity index (χ3v) is 4.83. The minimum absolute atomic E-state index is 0.0655. The molecule has 7 nitrogen and oxygen atoms in total. The Hall–Kier alpha value is -2.44. The molecule has 0 saturated heterocycles. The van der Waals surface area contributed by atoms with E-state index in [1.807, 2.05) is 0 Å². The molecule has 7 heteroatoms. The zero-order valence-electron chi connectivity index (χ0n) is 14.1. The highest BCUT2D eigenvalue weighted by Crippen LogP contribution is 2.27. The number of hydrogen-bond acceptors (Lipinski definition) is 4. The first-order chi connectivity index (χ1) is 11.6. The standard InChI is InChI=1S/C17H23N5O2/c1-21-15(20-22(2)17(21)24)11-13-5-3-4-6-14(13)19-16(23)12-7-9-18-10-8-12/h7-10,13-14H,3-6,11H2,1-2H3,(H,19,23)/t13-,14-/m1/s1. The quantitative estimate of drug-likeness (QED) is 0.909. The summed E-state index contributed by atoms with van der Waals surface area (Å²) in [5.41, 5.74) is 0.512. The van der Waals surface area contributed by atoms with Gasteiger partial charge in [-0.15, -0.1) is 0 Å². The first-order valence-electron chi connectivity index (χ1n) is 8.36. The van der Waals surface area contributed by atoms with E-state index in [1.165, 1.54) is 4.68 Å². The smallest absolute Gasteiger partial charge is 0.345 e. The van der Waals surface area contributed by atoms with E-state index < -0.39 is 0 Å². The number of carbonyl (C=O) groups excluding carboxylic acids is 1. The summed E-state index contributed by atoms with van der Waals surface area (Å²) in [7, 11) is 3.41. The van der Waals surface area contributed by atoms with Crippen LogP contribution in [-0.2, 0) is 20.5 Å². The van der Waals surface area contributed by atoms with Crippen molar-refractivity contribution in [2.45, 2.75) is 38.1 Å². The molecule has 2 aromatic rings. The summed E-state index contributed by atoms with van der Waals surface area (Å²) in [4.78, 5) is 28.2. The molecule has 2 heterocycles. The summed E-state index contributed by atoms with van der Waals surface area (Å²) in [6.45, 7) is 0. The number of nitrogens with zero attached hydrogens (tertiary/aromatic N) is 4. The minimum Gasteiger partial charge on any atom is -0.349 e. The van der Waals surface area contributed by atoms with Crippen LogP contribution in [0.25, 0.3) is 0 Å². The molecular weight excluding hydrogens is 306 g/mol. The van der Waals surface area contributed by atoms with Crippen molar-refractivity contribution in [3.05, 3.63) is 46.4 Å². The molecule has 3 rings (SSSR count). The maximum atomic E-state index is 12.4. The van der Waals surface area contributed by atoms with Crippen LogP contribution in [0.4, 0.5) is 0 Å².